The lowest BCUT2D eigenvalue weighted by Gasteiger charge is -2.23. The van der Waals surface area contributed by atoms with Crippen LogP contribution in [0.1, 0.15) is 30.7 Å². The molecule has 118 valence electrons. The molecule has 0 bridgehead atoms. The molecule has 1 unspecified atom stereocenters. The highest BCUT2D eigenvalue weighted by Gasteiger charge is 2.30. The minimum absolute atomic E-state index is 0.115. The fourth-order valence-electron chi connectivity index (χ4n) is 2.80. The van der Waals surface area contributed by atoms with E-state index < -0.39 is 10.0 Å². The highest BCUT2D eigenvalue weighted by atomic mass is 35.5. The second-order valence-corrected chi connectivity index (χ2v) is 7.84. The number of rotatable bonds is 3. The Morgan fingerprint density at radius 2 is 2.00 bits per heavy atom. The minimum atomic E-state index is -3.54. The Bertz CT molecular complexity index is 714. The summed E-state index contributed by atoms with van der Waals surface area (Å²) in [5.74, 6) is 0.175. The molecule has 1 aliphatic heterocycles. The summed E-state index contributed by atoms with van der Waals surface area (Å²) in [6.07, 6.45) is 5.25. The Hall–Kier alpha value is -1.37. The van der Waals surface area contributed by atoms with Gasteiger partial charge in [-0.2, -0.15) is 4.31 Å². The molecule has 22 heavy (non-hydrogen) atoms. The maximum atomic E-state index is 12.6. The maximum absolute atomic E-state index is 12.6. The van der Waals surface area contributed by atoms with Gasteiger partial charge in [0.05, 0.1) is 6.20 Å². The molecule has 1 aliphatic rings. The average Bonchev–Trinajstić information content (AvgIpc) is 2.94. The van der Waals surface area contributed by atoms with Gasteiger partial charge in [-0.25, -0.2) is 8.42 Å². The molecule has 1 fully saturated rings. The van der Waals surface area contributed by atoms with Crippen LogP contribution in [0.25, 0.3) is 0 Å². The molecule has 7 heteroatoms. The first-order valence-corrected chi connectivity index (χ1v) is 9.04. The van der Waals surface area contributed by atoms with Crippen LogP contribution in [0.15, 0.2) is 46.1 Å². The largest absolute Gasteiger partial charge is 0.363 e. The van der Waals surface area contributed by atoms with E-state index in [1.54, 1.807) is 0 Å². The summed E-state index contributed by atoms with van der Waals surface area (Å²) < 4.78 is 31.5. The van der Waals surface area contributed by atoms with Crippen LogP contribution in [0, 0.1) is 0 Å². The summed E-state index contributed by atoms with van der Waals surface area (Å²) in [5, 5.41) is 4.18. The number of halogens is 1. The van der Waals surface area contributed by atoms with E-state index in [-0.39, 0.29) is 10.8 Å². The molecule has 0 spiro atoms. The molecule has 1 aromatic heterocycles. The molecular formula is C15H17ClN2O3S. The summed E-state index contributed by atoms with van der Waals surface area (Å²) in [7, 11) is -3.54. The van der Waals surface area contributed by atoms with Crippen LogP contribution in [0.5, 0.6) is 0 Å². The van der Waals surface area contributed by atoms with Crippen molar-refractivity contribution in [1.82, 2.24) is 9.46 Å². The van der Waals surface area contributed by atoms with Crippen molar-refractivity contribution in [2.45, 2.75) is 30.1 Å². The van der Waals surface area contributed by atoms with Crippen molar-refractivity contribution in [2.75, 3.05) is 13.1 Å². The average molecular weight is 341 g/mol. The lowest BCUT2D eigenvalue weighted by Crippen LogP contribution is -2.34. The van der Waals surface area contributed by atoms with Crippen molar-refractivity contribution in [3.05, 3.63) is 47.3 Å². The van der Waals surface area contributed by atoms with Gasteiger partial charge in [-0.15, -0.1) is 0 Å². The summed E-state index contributed by atoms with van der Waals surface area (Å²) in [4.78, 5) is 0.115. The first-order valence-electron chi connectivity index (χ1n) is 7.22. The third-order valence-corrected chi connectivity index (χ3v) is 6.08. The van der Waals surface area contributed by atoms with Crippen molar-refractivity contribution in [1.29, 1.82) is 0 Å². The number of hydrogen-bond donors (Lipinski definition) is 0. The zero-order valence-corrected chi connectivity index (χ0v) is 13.6. The van der Waals surface area contributed by atoms with Crippen LogP contribution in [0.4, 0.5) is 0 Å². The van der Waals surface area contributed by atoms with Crippen molar-refractivity contribution in [2.24, 2.45) is 0 Å². The van der Waals surface area contributed by atoms with E-state index in [1.165, 1.54) is 16.8 Å². The molecule has 0 amide bonds. The van der Waals surface area contributed by atoms with Gasteiger partial charge in [0.2, 0.25) is 10.0 Å². The molecule has 2 aromatic rings. The van der Waals surface area contributed by atoms with Crippen LogP contribution in [-0.4, -0.2) is 31.0 Å². The van der Waals surface area contributed by atoms with Gasteiger partial charge < -0.3 is 4.52 Å². The summed E-state index contributed by atoms with van der Waals surface area (Å²) in [6.45, 7) is 0.993. The fraction of sp³-hybridized carbons (Fsp3) is 0.400. The van der Waals surface area contributed by atoms with Gasteiger partial charge in [0.25, 0.3) is 0 Å². The van der Waals surface area contributed by atoms with Gasteiger partial charge in [-0.05, 0) is 36.5 Å². The number of nitrogens with zero attached hydrogens (tertiary/aromatic N) is 2. The summed E-state index contributed by atoms with van der Waals surface area (Å²) in [6, 6.07) is 7.65. The van der Waals surface area contributed by atoms with Crippen molar-refractivity contribution in [3.8, 4) is 0 Å². The Morgan fingerprint density at radius 3 is 2.68 bits per heavy atom. The van der Waals surface area contributed by atoms with Gasteiger partial charge >= 0.3 is 0 Å². The predicted octanol–water partition coefficient (Wildman–Crippen LogP) is 3.29. The maximum Gasteiger partial charge on any atom is 0.247 e. The lowest BCUT2D eigenvalue weighted by molar-refractivity contribution is 0.402. The molecule has 0 saturated carbocycles. The zero-order chi connectivity index (χ0) is 15.6. The molecule has 2 heterocycles. The minimum Gasteiger partial charge on any atom is -0.363 e. The van der Waals surface area contributed by atoms with Crippen molar-refractivity contribution < 1.29 is 12.9 Å². The zero-order valence-electron chi connectivity index (χ0n) is 12.0. The van der Waals surface area contributed by atoms with Crippen molar-refractivity contribution >= 4 is 21.6 Å². The molecule has 0 N–H and O–H groups in total. The summed E-state index contributed by atoms with van der Waals surface area (Å²) >= 11 is 5.93. The van der Waals surface area contributed by atoms with E-state index >= 15 is 0 Å². The molecule has 5 nitrogen and oxygen atoms in total. The predicted molar refractivity (Wildman–Crippen MR) is 83.3 cm³/mol. The number of benzene rings is 1. The van der Waals surface area contributed by atoms with Crippen LogP contribution in [0.2, 0.25) is 5.02 Å². The summed E-state index contributed by atoms with van der Waals surface area (Å²) in [5.41, 5.74) is 1.12. The molecule has 1 atom stereocenters. The van der Waals surface area contributed by atoms with Crippen LogP contribution < -0.4 is 0 Å². The Labute approximate surface area is 134 Å². The third-order valence-electron chi connectivity index (χ3n) is 4.02. The highest BCUT2D eigenvalue weighted by molar-refractivity contribution is 7.89. The second-order valence-electron chi connectivity index (χ2n) is 5.47. The van der Waals surface area contributed by atoms with E-state index in [0.717, 1.165) is 24.8 Å². The van der Waals surface area contributed by atoms with Crippen LogP contribution in [0.3, 0.4) is 0 Å². The first-order chi connectivity index (χ1) is 10.6. The van der Waals surface area contributed by atoms with Gasteiger partial charge in [0, 0.05) is 18.1 Å². The van der Waals surface area contributed by atoms with Crippen molar-refractivity contribution in [3.63, 3.8) is 0 Å². The molecule has 1 aromatic carbocycles. The molecule has 1 saturated heterocycles. The second kappa shape index (κ2) is 6.40. The van der Waals surface area contributed by atoms with E-state index in [4.69, 9.17) is 11.6 Å². The van der Waals surface area contributed by atoms with E-state index in [2.05, 4.69) is 9.68 Å². The standard InChI is InChI=1S/C15H17ClN2O3S/c16-14-6-4-12(5-7-14)13-3-1-2-8-18(10-13)22(19,20)15-9-17-21-11-15/h4-7,9,11,13H,1-3,8,10H2. The molecular weight excluding hydrogens is 324 g/mol. The smallest absolute Gasteiger partial charge is 0.247 e. The van der Waals surface area contributed by atoms with E-state index in [0.29, 0.717) is 18.1 Å². The normalized spacial score (nSPS) is 20.7. The quantitative estimate of drug-likeness (QED) is 0.860. The number of hydrogen-bond acceptors (Lipinski definition) is 4. The SMILES string of the molecule is O=S(=O)(c1cnoc1)N1CCCCC(c2ccc(Cl)cc2)C1. The Kier molecular flexibility index (Phi) is 4.52. The van der Waals surface area contributed by atoms with E-state index in [1.807, 2.05) is 24.3 Å². The highest BCUT2D eigenvalue weighted by Crippen LogP contribution is 2.30. The molecule has 3 rings (SSSR count). The monoisotopic (exact) mass is 340 g/mol. The fourth-order valence-corrected chi connectivity index (χ4v) is 4.31. The number of sulfonamides is 1. The lowest BCUT2D eigenvalue weighted by atomic mass is 9.95. The van der Waals surface area contributed by atoms with Crippen LogP contribution in [-0.2, 0) is 10.0 Å². The first kappa shape index (κ1) is 15.5. The molecule has 0 radical (unpaired) electrons. The number of aromatic nitrogens is 1. The van der Waals surface area contributed by atoms with Gasteiger partial charge in [0.15, 0.2) is 0 Å². The van der Waals surface area contributed by atoms with Gasteiger partial charge in [-0.1, -0.05) is 35.3 Å². The topological polar surface area (TPSA) is 63.4 Å². The van der Waals surface area contributed by atoms with Gasteiger partial charge in [0.1, 0.15) is 11.2 Å². The third kappa shape index (κ3) is 3.19. The molecule has 0 aliphatic carbocycles. The van der Waals surface area contributed by atoms with Gasteiger partial charge in [-0.3, -0.25) is 0 Å². The van der Waals surface area contributed by atoms with Crippen LogP contribution >= 0.6 is 11.6 Å². The van der Waals surface area contributed by atoms with E-state index in [9.17, 15) is 8.42 Å². The Balaban J connectivity index is 1.85. The Morgan fingerprint density at radius 1 is 1.23 bits per heavy atom.